The Bertz CT molecular complexity index is 1160. The Morgan fingerprint density at radius 2 is 1.73 bits per heavy atom. The average molecular weight is 454 g/mol. The maximum atomic E-state index is 12.6. The zero-order valence-electron chi connectivity index (χ0n) is 15.8. The second kappa shape index (κ2) is 8.76. The molecule has 30 heavy (non-hydrogen) atoms. The summed E-state index contributed by atoms with van der Waals surface area (Å²) in [4.78, 5) is 16.2. The first-order valence-corrected chi connectivity index (χ1v) is 10.8. The Kier molecular flexibility index (Phi) is 6.32. The summed E-state index contributed by atoms with van der Waals surface area (Å²) in [7, 11) is -1.65. The topological polar surface area (TPSA) is 94.6 Å². The van der Waals surface area contributed by atoms with Crippen molar-refractivity contribution in [2.75, 3.05) is 19.5 Å². The Labute approximate surface area is 175 Å². The molecule has 1 N–H and O–H groups in total. The fourth-order valence-electron chi connectivity index (χ4n) is 2.51. The lowest BCUT2D eigenvalue weighted by atomic mass is 10.2. The van der Waals surface area contributed by atoms with Gasteiger partial charge in [-0.15, -0.1) is 11.3 Å². The summed E-state index contributed by atoms with van der Waals surface area (Å²) < 4.78 is 58.5. The molecular formula is C19H16F2N2O5S2. The van der Waals surface area contributed by atoms with Gasteiger partial charge in [-0.25, -0.2) is 13.4 Å². The third-order valence-corrected chi connectivity index (χ3v) is 6.33. The van der Waals surface area contributed by atoms with Gasteiger partial charge in [0.2, 0.25) is 9.84 Å². The standard InChI is InChI=1S/C19H16F2N2O5S2/c1-27-15-8-3-11(9-16(15)28-2)18-23-14(10-29-18)17(24)22-12-4-6-13(7-5-12)30(25,26)19(20)21/h3-10,19H,1-2H3,(H,22,24). The number of nitrogens with one attached hydrogen (secondary N) is 1. The van der Waals surface area contributed by atoms with Gasteiger partial charge in [0.25, 0.3) is 5.91 Å². The average Bonchev–Trinajstić information content (AvgIpc) is 3.24. The number of rotatable bonds is 7. The van der Waals surface area contributed by atoms with Gasteiger partial charge >= 0.3 is 5.76 Å². The number of halogens is 2. The van der Waals surface area contributed by atoms with E-state index in [0.29, 0.717) is 16.5 Å². The van der Waals surface area contributed by atoms with Gasteiger partial charge in [-0.3, -0.25) is 4.79 Å². The monoisotopic (exact) mass is 454 g/mol. The predicted octanol–water partition coefficient (Wildman–Crippen LogP) is 4.08. The molecule has 1 heterocycles. The second-order valence-corrected chi connectivity index (χ2v) is 8.67. The number of methoxy groups -OCH3 is 2. The Morgan fingerprint density at radius 1 is 1.07 bits per heavy atom. The molecule has 0 unspecified atom stereocenters. The van der Waals surface area contributed by atoms with Gasteiger partial charge in [-0.2, -0.15) is 8.78 Å². The number of amides is 1. The number of sulfone groups is 1. The van der Waals surface area contributed by atoms with Gasteiger partial charge in [0.15, 0.2) is 11.5 Å². The number of anilines is 1. The molecule has 3 rings (SSSR count). The van der Waals surface area contributed by atoms with E-state index in [0.717, 1.165) is 17.7 Å². The van der Waals surface area contributed by atoms with Crippen molar-refractivity contribution in [2.24, 2.45) is 0 Å². The number of benzene rings is 2. The molecule has 0 aliphatic heterocycles. The maximum absolute atomic E-state index is 12.6. The summed E-state index contributed by atoms with van der Waals surface area (Å²) in [6.45, 7) is 0. The number of carbonyl (C=O) groups excluding carboxylic acids is 1. The molecule has 0 radical (unpaired) electrons. The summed E-state index contributed by atoms with van der Waals surface area (Å²) in [5, 5.41) is 4.70. The lowest BCUT2D eigenvalue weighted by molar-refractivity contribution is 0.102. The van der Waals surface area contributed by atoms with Crippen molar-refractivity contribution in [1.29, 1.82) is 0 Å². The minimum atomic E-state index is -4.69. The minimum absolute atomic E-state index is 0.147. The van der Waals surface area contributed by atoms with Crippen molar-refractivity contribution >= 4 is 32.8 Å². The van der Waals surface area contributed by atoms with Crippen LogP contribution in [0.5, 0.6) is 11.5 Å². The number of alkyl halides is 2. The zero-order valence-corrected chi connectivity index (χ0v) is 17.4. The van der Waals surface area contributed by atoms with Crippen molar-refractivity contribution in [3.63, 3.8) is 0 Å². The summed E-state index contributed by atoms with van der Waals surface area (Å²) in [6, 6.07) is 9.72. The smallest absolute Gasteiger partial charge is 0.341 e. The number of thiazole rings is 1. The second-order valence-electron chi connectivity index (χ2n) is 5.89. The third-order valence-electron chi connectivity index (χ3n) is 4.04. The molecule has 1 amide bonds. The quantitative estimate of drug-likeness (QED) is 0.578. The van der Waals surface area contributed by atoms with E-state index in [2.05, 4.69) is 10.3 Å². The molecule has 0 saturated heterocycles. The van der Waals surface area contributed by atoms with Crippen molar-refractivity contribution in [1.82, 2.24) is 4.98 Å². The van der Waals surface area contributed by atoms with Gasteiger partial charge in [0.1, 0.15) is 10.7 Å². The molecule has 0 aliphatic rings. The Balaban J connectivity index is 1.76. The van der Waals surface area contributed by atoms with Crippen LogP contribution in [0.2, 0.25) is 0 Å². The molecule has 1 aromatic heterocycles. The van der Waals surface area contributed by atoms with E-state index in [1.807, 2.05) is 0 Å². The molecule has 0 fully saturated rings. The fraction of sp³-hybridized carbons (Fsp3) is 0.158. The predicted molar refractivity (Wildman–Crippen MR) is 108 cm³/mol. The van der Waals surface area contributed by atoms with Crippen LogP contribution in [0.15, 0.2) is 52.7 Å². The van der Waals surface area contributed by atoms with E-state index in [4.69, 9.17) is 9.47 Å². The Morgan fingerprint density at radius 3 is 2.33 bits per heavy atom. The van der Waals surface area contributed by atoms with Crippen molar-refractivity contribution in [2.45, 2.75) is 10.7 Å². The molecule has 158 valence electrons. The van der Waals surface area contributed by atoms with Crippen molar-refractivity contribution in [3.05, 3.63) is 53.5 Å². The van der Waals surface area contributed by atoms with Crippen LogP contribution in [0.1, 0.15) is 10.5 Å². The van der Waals surface area contributed by atoms with Crippen LogP contribution in [0.3, 0.4) is 0 Å². The lowest BCUT2D eigenvalue weighted by Crippen LogP contribution is -2.13. The first-order valence-electron chi connectivity index (χ1n) is 8.37. The number of aromatic nitrogens is 1. The van der Waals surface area contributed by atoms with E-state index in [1.165, 1.54) is 37.7 Å². The van der Waals surface area contributed by atoms with Crippen LogP contribution in [-0.4, -0.2) is 39.3 Å². The van der Waals surface area contributed by atoms with Gasteiger partial charge < -0.3 is 14.8 Å². The van der Waals surface area contributed by atoms with E-state index in [9.17, 15) is 22.0 Å². The molecule has 0 aliphatic carbocycles. The first kappa shape index (κ1) is 21.7. The molecule has 2 aromatic carbocycles. The highest BCUT2D eigenvalue weighted by Crippen LogP contribution is 2.33. The number of hydrogen-bond acceptors (Lipinski definition) is 7. The van der Waals surface area contributed by atoms with E-state index in [-0.39, 0.29) is 11.4 Å². The number of nitrogens with zero attached hydrogens (tertiary/aromatic N) is 1. The van der Waals surface area contributed by atoms with Crippen LogP contribution >= 0.6 is 11.3 Å². The summed E-state index contributed by atoms with van der Waals surface area (Å²) in [5.41, 5.74) is 1.13. The van der Waals surface area contributed by atoms with E-state index in [1.54, 1.807) is 23.6 Å². The van der Waals surface area contributed by atoms with Gasteiger partial charge in [-0.05, 0) is 42.5 Å². The van der Waals surface area contributed by atoms with Gasteiger partial charge in [0, 0.05) is 16.6 Å². The molecular weight excluding hydrogens is 438 g/mol. The molecule has 0 bridgehead atoms. The maximum Gasteiger partial charge on any atom is 0.341 e. The van der Waals surface area contributed by atoms with Crippen LogP contribution < -0.4 is 14.8 Å². The van der Waals surface area contributed by atoms with Crippen molar-refractivity contribution in [3.8, 4) is 22.1 Å². The highest BCUT2D eigenvalue weighted by molar-refractivity contribution is 7.91. The third kappa shape index (κ3) is 4.41. The lowest BCUT2D eigenvalue weighted by Gasteiger charge is -2.08. The molecule has 7 nitrogen and oxygen atoms in total. The first-order chi connectivity index (χ1) is 14.3. The molecule has 0 spiro atoms. The van der Waals surface area contributed by atoms with Crippen LogP contribution in [0.25, 0.3) is 10.6 Å². The summed E-state index contributed by atoms with van der Waals surface area (Å²) in [6.07, 6.45) is 0. The highest BCUT2D eigenvalue weighted by atomic mass is 32.2. The normalized spacial score (nSPS) is 11.4. The number of carbonyl (C=O) groups is 1. The Hall–Kier alpha value is -3.05. The summed E-state index contributed by atoms with van der Waals surface area (Å²) >= 11 is 1.25. The van der Waals surface area contributed by atoms with E-state index >= 15 is 0 Å². The van der Waals surface area contributed by atoms with Gasteiger partial charge in [0.05, 0.1) is 19.1 Å². The molecule has 0 saturated carbocycles. The van der Waals surface area contributed by atoms with Crippen LogP contribution in [0.4, 0.5) is 14.5 Å². The van der Waals surface area contributed by atoms with E-state index < -0.39 is 26.4 Å². The largest absolute Gasteiger partial charge is 0.493 e. The summed E-state index contributed by atoms with van der Waals surface area (Å²) in [5.74, 6) is -2.95. The highest BCUT2D eigenvalue weighted by Gasteiger charge is 2.26. The molecule has 11 heteroatoms. The fourth-order valence-corrected chi connectivity index (χ4v) is 4.02. The zero-order chi connectivity index (χ0) is 21.9. The van der Waals surface area contributed by atoms with Gasteiger partial charge in [-0.1, -0.05) is 0 Å². The SMILES string of the molecule is COc1ccc(-c2nc(C(=O)Nc3ccc(S(=O)(=O)C(F)F)cc3)cs2)cc1OC. The number of ether oxygens (including phenoxy) is 2. The van der Waals surface area contributed by atoms with Crippen LogP contribution in [-0.2, 0) is 9.84 Å². The van der Waals surface area contributed by atoms with Crippen LogP contribution in [0, 0.1) is 0 Å². The molecule has 0 atom stereocenters. The minimum Gasteiger partial charge on any atom is -0.493 e. The van der Waals surface area contributed by atoms with Crippen molar-refractivity contribution < 1.29 is 31.5 Å². The molecule has 3 aromatic rings. The number of hydrogen-bond donors (Lipinski definition) is 1.